The SMILES string of the molecule is [Li][c]1cccc(C#N)c1. The van der Waals surface area contributed by atoms with E-state index in [1.807, 2.05) is 35.9 Å². The van der Waals surface area contributed by atoms with Gasteiger partial charge in [-0.05, 0) is 0 Å². The Kier molecular flexibility index (Phi) is 1.95. The van der Waals surface area contributed by atoms with Crippen molar-refractivity contribution in [2.45, 2.75) is 0 Å². The molecule has 0 amide bonds. The summed E-state index contributed by atoms with van der Waals surface area (Å²) in [6.07, 6.45) is 0. The molecule has 1 rings (SSSR count). The normalized spacial score (nSPS) is 8.56. The zero-order chi connectivity index (χ0) is 6.69. The molecule has 0 saturated carbocycles. The maximum absolute atomic E-state index is 8.41. The average Bonchev–Trinajstić information content (AvgIpc) is 1.88. The van der Waals surface area contributed by atoms with E-state index in [1.54, 1.807) is 6.07 Å². The van der Waals surface area contributed by atoms with Crippen LogP contribution in [0.4, 0.5) is 0 Å². The van der Waals surface area contributed by atoms with Gasteiger partial charge in [0.2, 0.25) is 0 Å². The van der Waals surface area contributed by atoms with Gasteiger partial charge >= 0.3 is 63.1 Å². The van der Waals surface area contributed by atoms with E-state index in [0.717, 1.165) is 9.80 Å². The summed E-state index contributed by atoms with van der Waals surface area (Å²) in [5.41, 5.74) is 0.731. The van der Waals surface area contributed by atoms with Gasteiger partial charge in [0.05, 0.1) is 0 Å². The van der Waals surface area contributed by atoms with Crippen LogP contribution in [0, 0.1) is 11.3 Å². The van der Waals surface area contributed by atoms with Crippen molar-refractivity contribution in [3.05, 3.63) is 29.8 Å². The minimum atomic E-state index is 0.731. The minimum absolute atomic E-state index is 0.731. The molecule has 2 heteroatoms. The van der Waals surface area contributed by atoms with Gasteiger partial charge in [-0.1, -0.05) is 0 Å². The molecule has 0 aliphatic heterocycles. The number of rotatable bonds is 0. The van der Waals surface area contributed by atoms with Crippen molar-refractivity contribution < 1.29 is 0 Å². The second kappa shape index (κ2) is 2.74. The van der Waals surface area contributed by atoms with Crippen LogP contribution < -0.4 is 4.24 Å². The van der Waals surface area contributed by atoms with Crippen molar-refractivity contribution >= 4 is 22.0 Å². The third-order valence-electron chi connectivity index (χ3n) is 1.15. The van der Waals surface area contributed by atoms with E-state index in [9.17, 15) is 0 Å². The van der Waals surface area contributed by atoms with E-state index in [1.165, 1.54) is 0 Å². The molecule has 1 aromatic rings. The van der Waals surface area contributed by atoms with Crippen molar-refractivity contribution in [2.24, 2.45) is 0 Å². The number of nitrogens with zero attached hydrogens (tertiary/aromatic N) is 1. The molecule has 0 radical (unpaired) electrons. The van der Waals surface area contributed by atoms with Crippen LogP contribution >= 0.6 is 0 Å². The van der Waals surface area contributed by atoms with Crippen LogP contribution in [0.3, 0.4) is 0 Å². The number of hydrogen-bond acceptors (Lipinski definition) is 1. The standard InChI is InChI=1S/C7H4N.Li/c8-6-7-4-2-1-3-5-7;/h1-2,4-5H;. The predicted molar refractivity (Wildman–Crippen MR) is 36.5 cm³/mol. The van der Waals surface area contributed by atoms with E-state index in [4.69, 9.17) is 5.26 Å². The summed E-state index contributed by atoms with van der Waals surface area (Å²) in [6, 6.07) is 9.58. The third-order valence-corrected chi connectivity index (χ3v) is 1.15. The molecule has 0 aliphatic carbocycles. The van der Waals surface area contributed by atoms with Crippen LogP contribution in [0.25, 0.3) is 0 Å². The number of nitriles is 1. The van der Waals surface area contributed by atoms with E-state index >= 15 is 0 Å². The van der Waals surface area contributed by atoms with Crippen molar-refractivity contribution in [3.8, 4) is 6.07 Å². The van der Waals surface area contributed by atoms with E-state index in [-0.39, 0.29) is 0 Å². The summed E-state index contributed by atoms with van der Waals surface area (Å²) in [6.45, 7) is 0. The summed E-state index contributed by atoms with van der Waals surface area (Å²) in [5, 5.41) is 8.41. The molecular weight excluding hydrogens is 105 g/mol. The topological polar surface area (TPSA) is 23.8 Å². The van der Waals surface area contributed by atoms with Crippen LogP contribution in [-0.2, 0) is 0 Å². The number of hydrogen-bond donors (Lipinski definition) is 0. The van der Waals surface area contributed by atoms with Gasteiger partial charge in [-0.2, -0.15) is 0 Å². The Hall–Kier alpha value is -0.693. The summed E-state index contributed by atoms with van der Waals surface area (Å²) in [4.78, 5) is 0. The first-order valence-corrected chi connectivity index (χ1v) is 2.79. The molecule has 0 bridgehead atoms. The summed E-state index contributed by atoms with van der Waals surface area (Å²) in [7, 11) is 0. The third kappa shape index (κ3) is 1.61. The molecule has 0 fully saturated rings. The second-order valence-electron chi connectivity index (χ2n) is 1.98. The van der Waals surface area contributed by atoms with Gasteiger partial charge < -0.3 is 0 Å². The van der Waals surface area contributed by atoms with Crippen LogP contribution in [0.1, 0.15) is 5.56 Å². The van der Waals surface area contributed by atoms with Crippen LogP contribution in [0.5, 0.6) is 0 Å². The van der Waals surface area contributed by atoms with Gasteiger partial charge in [0, 0.05) is 0 Å². The zero-order valence-corrected chi connectivity index (χ0v) is 5.26. The Morgan fingerprint density at radius 2 is 2.22 bits per heavy atom. The zero-order valence-electron chi connectivity index (χ0n) is 5.26. The van der Waals surface area contributed by atoms with Gasteiger partial charge in [-0.25, -0.2) is 0 Å². The average molecular weight is 109 g/mol. The molecule has 9 heavy (non-hydrogen) atoms. The molecule has 0 atom stereocenters. The first-order chi connectivity index (χ1) is 4.33. The van der Waals surface area contributed by atoms with E-state index in [0.29, 0.717) is 0 Å². The molecule has 1 nitrogen and oxygen atoms in total. The van der Waals surface area contributed by atoms with Crippen LogP contribution in [0.15, 0.2) is 24.3 Å². The molecular formula is C7H4LiN. The van der Waals surface area contributed by atoms with E-state index < -0.39 is 0 Å². The summed E-state index contributed by atoms with van der Waals surface area (Å²) >= 11 is 1.97. The second-order valence-corrected chi connectivity index (χ2v) is 1.98. The number of benzene rings is 1. The van der Waals surface area contributed by atoms with Crippen molar-refractivity contribution in [1.29, 1.82) is 5.26 Å². The summed E-state index contributed by atoms with van der Waals surface area (Å²) in [5.74, 6) is 0. The Balaban J connectivity index is 3.12. The van der Waals surface area contributed by atoms with Gasteiger partial charge in [-0.15, -0.1) is 0 Å². The quantitative estimate of drug-likeness (QED) is 0.441. The molecule has 0 unspecified atom stereocenters. The first-order valence-electron chi connectivity index (χ1n) is 2.79. The predicted octanol–water partition coefficient (Wildman–Crippen LogP) is 0.352. The maximum atomic E-state index is 8.41. The fourth-order valence-corrected chi connectivity index (χ4v) is 0.715. The Labute approximate surface area is 63.5 Å². The molecule has 38 valence electrons. The van der Waals surface area contributed by atoms with Gasteiger partial charge in [0.1, 0.15) is 0 Å². The summed E-state index contributed by atoms with van der Waals surface area (Å²) < 4.78 is 1.13. The monoisotopic (exact) mass is 109 g/mol. The Bertz CT molecular complexity index is 249. The fourth-order valence-electron chi connectivity index (χ4n) is 0.715. The molecule has 0 aromatic heterocycles. The first kappa shape index (κ1) is 6.43. The Morgan fingerprint density at radius 1 is 1.44 bits per heavy atom. The molecule has 1 aromatic carbocycles. The molecule has 0 heterocycles. The van der Waals surface area contributed by atoms with E-state index in [2.05, 4.69) is 6.07 Å². The van der Waals surface area contributed by atoms with Crippen molar-refractivity contribution in [3.63, 3.8) is 0 Å². The van der Waals surface area contributed by atoms with Gasteiger partial charge in [0.15, 0.2) is 0 Å². The molecule has 0 aliphatic rings. The molecule has 0 saturated heterocycles. The molecule has 0 spiro atoms. The molecule has 0 N–H and O–H groups in total. The van der Waals surface area contributed by atoms with Crippen LogP contribution in [0.2, 0.25) is 0 Å². The fraction of sp³-hybridized carbons (Fsp3) is 0. The van der Waals surface area contributed by atoms with Gasteiger partial charge in [0.25, 0.3) is 0 Å². The van der Waals surface area contributed by atoms with Crippen molar-refractivity contribution in [2.75, 3.05) is 0 Å². The van der Waals surface area contributed by atoms with Crippen molar-refractivity contribution in [1.82, 2.24) is 0 Å². The van der Waals surface area contributed by atoms with Gasteiger partial charge in [-0.3, -0.25) is 0 Å². The van der Waals surface area contributed by atoms with Crippen LogP contribution in [-0.4, -0.2) is 17.7 Å². The Morgan fingerprint density at radius 3 is 2.67 bits per heavy atom.